The highest BCUT2D eigenvalue weighted by Gasteiger charge is 2.33. The molecule has 0 spiro atoms. The van der Waals surface area contributed by atoms with Crippen molar-refractivity contribution in [1.29, 1.82) is 0 Å². The SMILES string of the molecule is C=S1CCN(c2ccc(N3C[C@H](CN)OC3=O)cc2F)CC1.C=S1CCN(c2ccc(N3C[C@H](CO)OC3=O)cc2F)CC1.Cc1cccc(S(=O)(=O)Cl)c1. The van der Waals surface area contributed by atoms with Crippen molar-refractivity contribution in [3.8, 4) is 0 Å². The molecule has 0 unspecified atom stereocenters. The predicted octanol–water partition coefficient (Wildman–Crippen LogP) is 5.22. The van der Waals surface area contributed by atoms with Gasteiger partial charge in [-0.3, -0.25) is 9.80 Å². The Morgan fingerprint density at radius 3 is 1.60 bits per heavy atom. The number of rotatable bonds is 7. The third-order valence-electron chi connectivity index (χ3n) is 9.25. The summed E-state index contributed by atoms with van der Waals surface area (Å²) in [6.07, 6.45) is -1.90. The Hall–Kier alpha value is -3.74. The number of nitrogens with two attached hydrogens (primary N) is 1. The van der Waals surface area contributed by atoms with Crippen molar-refractivity contribution >= 4 is 87.4 Å². The van der Waals surface area contributed by atoms with Gasteiger partial charge in [-0.1, -0.05) is 23.9 Å². The van der Waals surface area contributed by atoms with E-state index in [1.165, 1.54) is 34.1 Å². The lowest BCUT2D eigenvalue weighted by Gasteiger charge is -2.31. The van der Waals surface area contributed by atoms with Crippen LogP contribution in [0.15, 0.2) is 65.6 Å². The maximum absolute atomic E-state index is 14.4. The number of aliphatic hydroxyl groups is 1. The summed E-state index contributed by atoms with van der Waals surface area (Å²) in [5, 5.41) is 9.05. The highest BCUT2D eigenvalue weighted by molar-refractivity contribution is 8.14. The number of aryl methyl sites for hydroxylation is 1. The minimum absolute atomic E-state index is 0.152. The zero-order valence-electron chi connectivity index (χ0n) is 30.4. The number of ether oxygens (including phenoxy) is 2. The number of carbonyl (C=O) groups is 2. The lowest BCUT2D eigenvalue weighted by atomic mass is 10.2. The van der Waals surface area contributed by atoms with Crippen LogP contribution in [0.2, 0.25) is 0 Å². The van der Waals surface area contributed by atoms with Gasteiger partial charge in [-0.2, -0.15) is 21.0 Å². The summed E-state index contributed by atoms with van der Waals surface area (Å²) >= 11 is 0. The molecular formula is C37H46ClF2N5O7S3. The monoisotopic (exact) mass is 841 g/mol. The molecule has 3 aromatic carbocycles. The molecule has 4 aliphatic heterocycles. The summed E-state index contributed by atoms with van der Waals surface area (Å²) in [4.78, 5) is 30.5. The van der Waals surface area contributed by atoms with Crippen LogP contribution in [0.3, 0.4) is 0 Å². The van der Waals surface area contributed by atoms with Crippen LogP contribution in [0.25, 0.3) is 0 Å². The van der Waals surface area contributed by atoms with E-state index >= 15 is 0 Å². The molecule has 0 radical (unpaired) electrons. The Labute approximate surface area is 330 Å². The first-order chi connectivity index (χ1) is 26.2. The second-order valence-electron chi connectivity index (χ2n) is 13.2. The Kier molecular flexibility index (Phi) is 14.6. The molecule has 12 nitrogen and oxygen atoms in total. The van der Waals surface area contributed by atoms with E-state index in [2.05, 4.69) is 11.7 Å². The second-order valence-corrected chi connectivity index (χ2v) is 19.8. The molecule has 0 saturated carbocycles. The molecule has 3 aromatic rings. The fourth-order valence-electron chi connectivity index (χ4n) is 6.16. The van der Waals surface area contributed by atoms with Crippen molar-refractivity contribution in [2.45, 2.75) is 24.0 Å². The number of benzene rings is 3. The molecule has 4 heterocycles. The first-order valence-electron chi connectivity index (χ1n) is 17.5. The number of hydrogen-bond acceptors (Lipinski definition) is 10. The molecule has 4 saturated heterocycles. The Morgan fingerprint density at radius 2 is 1.25 bits per heavy atom. The van der Waals surface area contributed by atoms with Crippen LogP contribution in [0.1, 0.15) is 5.56 Å². The standard InChI is InChI=1S/C15H20FN3O2S.C15H19FN2O3S.C7H7ClO2S/c1-22-6-4-18(5-7-22)14-3-2-11(8-13(14)16)19-10-12(9-17)21-15(19)20;1-22-6-4-17(5-7-22)14-3-2-11(8-13(14)16)18-9-12(10-19)21-15(18)20;1-6-3-2-4-7(5-6)11(8,9)10/h2-3,8,12H,1,4-7,9-10,17H2;2-3,8,12,19H,1,4-7,9-10H2;2-5H,1H3/t2*12-;/m01./s1. The first-order valence-corrected chi connectivity index (χ1v) is 23.3. The minimum Gasteiger partial charge on any atom is -0.443 e. The number of carbonyl (C=O) groups excluding carboxylic acids is 2. The Balaban J connectivity index is 0.000000168. The van der Waals surface area contributed by atoms with Gasteiger partial charge < -0.3 is 30.1 Å². The number of aliphatic hydroxyl groups excluding tert-OH is 1. The second kappa shape index (κ2) is 18.9. The van der Waals surface area contributed by atoms with Gasteiger partial charge in [-0.25, -0.2) is 26.8 Å². The molecule has 0 aromatic heterocycles. The lowest BCUT2D eigenvalue weighted by molar-refractivity contribution is 0.0963. The summed E-state index contributed by atoms with van der Waals surface area (Å²) < 4.78 is 60.4. The zero-order chi connectivity index (χ0) is 39.9. The van der Waals surface area contributed by atoms with E-state index < -0.39 is 27.3 Å². The van der Waals surface area contributed by atoms with Crippen molar-refractivity contribution in [3.05, 3.63) is 77.9 Å². The normalized spacial score (nSPS) is 20.7. The number of nitrogens with zero attached hydrogens (tertiary/aromatic N) is 4. The number of anilines is 4. The maximum atomic E-state index is 14.4. The molecule has 4 fully saturated rings. The molecule has 300 valence electrons. The fraction of sp³-hybridized carbons (Fsp3) is 0.405. The third kappa shape index (κ3) is 11.2. The molecular weight excluding hydrogens is 796 g/mol. The summed E-state index contributed by atoms with van der Waals surface area (Å²) in [6.45, 7) is 5.71. The smallest absolute Gasteiger partial charge is 0.414 e. The molecule has 4 aliphatic rings. The van der Waals surface area contributed by atoms with Crippen LogP contribution in [0.5, 0.6) is 0 Å². The highest BCUT2D eigenvalue weighted by Crippen LogP contribution is 2.31. The van der Waals surface area contributed by atoms with E-state index in [1.54, 1.807) is 30.3 Å². The van der Waals surface area contributed by atoms with Crippen molar-refractivity contribution in [2.75, 3.05) is 95.0 Å². The van der Waals surface area contributed by atoms with E-state index in [0.29, 0.717) is 29.3 Å². The van der Waals surface area contributed by atoms with Crippen molar-refractivity contribution in [1.82, 2.24) is 0 Å². The van der Waals surface area contributed by atoms with Gasteiger partial charge in [0.05, 0.1) is 47.3 Å². The molecule has 0 bridgehead atoms. The molecule has 7 rings (SSSR count). The van der Waals surface area contributed by atoms with Gasteiger partial charge in [-0.15, -0.1) is 0 Å². The van der Waals surface area contributed by atoms with Gasteiger partial charge >= 0.3 is 12.2 Å². The van der Waals surface area contributed by atoms with Crippen LogP contribution < -0.4 is 25.3 Å². The number of cyclic esters (lactones) is 2. The van der Waals surface area contributed by atoms with Gasteiger partial charge in [0.15, 0.2) is 0 Å². The Morgan fingerprint density at radius 1 is 0.800 bits per heavy atom. The molecule has 55 heavy (non-hydrogen) atoms. The van der Waals surface area contributed by atoms with E-state index in [4.69, 9.17) is 31.0 Å². The van der Waals surface area contributed by atoms with Crippen LogP contribution in [0, 0.1) is 18.6 Å². The predicted molar refractivity (Wildman–Crippen MR) is 222 cm³/mol. The van der Waals surface area contributed by atoms with Crippen molar-refractivity contribution in [3.63, 3.8) is 0 Å². The highest BCUT2D eigenvalue weighted by atomic mass is 35.7. The summed E-state index contributed by atoms with van der Waals surface area (Å²) in [5.74, 6) is 11.5. The summed E-state index contributed by atoms with van der Waals surface area (Å²) in [7, 11) is 1.93. The van der Waals surface area contributed by atoms with Crippen molar-refractivity contribution < 1.29 is 41.4 Å². The molecule has 2 atom stereocenters. The third-order valence-corrected chi connectivity index (χ3v) is 13.6. The fourth-order valence-corrected chi connectivity index (χ4v) is 9.33. The minimum atomic E-state index is -3.55. The zero-order valence-corrected chi connectivity index (χ0v) is 33.7. The molecule has 2 amide bonds. The van der Waals surface area contributed by atoms with E-state index in [1.807, 2.05) is 22.8 Å². The van der Waals surface area contributed by atoms with Gasteiger partial charge in [0.2, 0.25) is 0 Å². The number of halogens is 3. The van der Waals surface area contributed by atoms with Crippen LogP contribution in [-0.4, -0.2) is 125 Å². The van der Waals surface area contributed by atoms with Crippen LogP contribution >= 0.6 is 31.7 Å². The van der Waals surface area contributed by atoms with E-state index in [9.17, 15) is 26.8 Å². The van der Waals surface area contributed by atoms with Crippen LogP contribution in [-0.2, 0) is 18.5 Å². The molecule has 18 heteroatoms. The van der Waals surface area contributed by atoms with E-state index in [-0.39, 0.29) is 63.3 Å². The number of amides is 2. The first kappa shape index (κ1) is 42.4. The molecule has 3 N–H and O–H groups in total. The van der Waals surface area contributed by atoms with Gasteiger partial charge in [-0.05, 0) is 61.0 Å². The number of hydrogen-bond donors (Lipinski definition) is 2. The van der Waals surface area contributed by atoms with E-state index in [0.717, 1.165) is 54.8 Å². The topological polar surface area (TPSA) is 146 Å². The van der Waals surface area contributed by atoms with Crippen molar-refractivity contribution in [2.24, 2.45) is 5.73 Å². The van der Waals surface area contributed by atoms with Crippen LogP contribution in [0.4, 0.5) is 41.1 Å². The Bertz CT molecular complexity index is 1900. The van der Waals surface area contributed by atoms with Gasteiger partial charge in [0, 0.05) is 66.4 Å². The molecule has 0 aliphatic carbocycles. The summed E-state index contributed by atoms with van der Waals surface area (Å²) in [6, 6.07) is 16.1. The van der Waals surface area contributed by atoms with Gasteiger partial charge in [0.25, 0.3) is 9.05 Å². The average molecular weight is 842 g/mol. The quantitative estimate of drug-likeness (QED) is 0.240. The lowest BCUT2D eigenvalue weighted by Crippen LogP contribution is -2.34. The maximum Gasteiger partial charge on any atom is 0.414 e. The average Bonchev–Trinajstić information content (AvgIpc) is 3.74. The summed E-state index contributed by atoms with van der Waals surface area (Å²) in [5.41, 5.74) is 8.50. The largest absolute Gasteiger partial charge is 0.443 e. The van der Waals surface area contributed by atoms with Gasteiger partial charge in [0.1, 0.15) is 23.8 Å².